The lowest BCUT2D eigenvalue weighted by atomic mass is 9.90. The quantitative estimate of drug-likeness (QED) is 0.746. The fourth-order valence-electron chi connectivity index (χ4n) is 2.60. The Kier molecular flexibility index (Phi) is 2.63. The Morgan fingerprint density at radius 1 is 1.00 bits per heavy atom. The van der Waals surface area contributed by atoms with E-state index in [0.29, 0.717) is 0 Å². The Bertz CT molecular complexity index is 577. The third-order valence-electron chi connectivity index (χ3n) is 3.63. The first-order valence-corrected chi connectivity index (χ1v) is 6.17. The summed E-state index contributed by atoms with van der Waals surface area (Å²) in [6, 6.07) is 18.3. The maximum absolute atomic E-state index is 12.3. The van der Waals surface area contributed by atoms with Crippen molar-refractivity contribution in [3.63, 3.8) is 0 Å². The van der Waals surface area contributed by atoms with Crippen LogP contribution in [0, 0.1) is 0 Å². The van der Waals surface area contributed by atoms with Crippen molar-refractivity contribution in [2.24, 2.45) is 0 Å². The summed E-state index contributed by atoms with van der Waals surface area (Å²) in [5.41, 5.74) is 3.18. The number of nitrogens with zero attached hydrogens (tertiary/aromatic N) is 1. The highest BCUT2D eigenvalue weighted by Crippen LogP contribution is 2.31. The Morgan fingerprint density at radius 3 is 2.44 bits per heavy atom. The number of benzene rings is 2. The SMILES string of the molecule is CN1C(=O)c2ccccc2C[C@@H]1c1ccccc1. The molecule has 2 heteroatoms. The molecule has 1 aliphatic heterocycles. The zero-order valence-corrected chi connectivity index (χ0v) is 10.3. The van der Waals surface area contributed by atoms with Gasteiger partial charge >= 0.3 is 0 Å². The Balaban J connectivity index is 2.04. The molecule has 1 heterocycles. The van der Waals surface area contributed by atoms with Crippen molar-refractivity contribution in [1.82, 2.24) is 4.90 Å². The van der Waals surface area contributed by atoms with Crippen LogP contribution in [-0.2, 0) is 6.42 Å². The van der Waals surface area contributed by atoms with Crippen LogP contribution in [0.25, 0.3) is 0 Å². The summed E-state index contributed by atoms with van der Waals surface area (Å²) in [6.07, 6.45) is 0.891. The summed E-state index contributed by atoms with van der Waals surface area (Å²) in [5, 5.41) is 0. The van der Waals surface area contributed by atoms with Crippen molar-refractivity contribution >= 4 is 5.91 Å². The largest absolute Gasteiger partial charge is 0.334 e. The molecule has 0 spiro atoms. The first kappa shape index (κ1) is 11.0. The smallest absolute Gasteiger partial charge is 0.254 e. The second-order valence-electron chi connectivity index (χ2n) is 4.70. The number of carbonyl (C=O) groups excluding carboxylic acids is 1. The maximum Gasteiger partial charge on any atom is 0.254 e. The Morgan fingerprint density at radius 2 is 1.67 bits per heavy atom. The van der Waals surface area contributed by atoms with Gasteiger partial charge in [0.15, 0.2) is 0 Å². The van der Waals surface area contributed by atoms with E-state index in [-0.39, 0.29) is 11.9 Å². The first-order chi connectivity index (χ1) is 8.77. The van der Waals surface area contributed by atoms with Gasteiger partial charge in [0, 0.05) is 12.6 Å². The van der Waals surface area contributed by atoms with E-state index in [4.69, 9.17) is 0 Å². The van der Waals surface area contributed by atoms with Gasteiger partial charge in [-0.2, -0.15) is 0 Å². The number of hydrogen-bond acceptors (Lipinski definition) is 1. The minimum atomic E-state index is 0.116. The zero-order valence-electron chi connectivity index (χ0n) is 10.3. The maximum atomic E-state index is 12.3. The molecule has 0 saturated carbocycles. The van der Waals surface area contributed by atoms with Crippen LogP contribution in [0.2, 0.25) is 0 Å². The van der Waals surface area contributed by atoms with Gasteiger partial charge in [0.25, 0.3) is 5.91 Å². The monoisotopic (exact) mass is 237 g/mol. The molecule has 0 saturated heterocycles. The molecule has 1 aliphatic rings. The molecule has 1 amide bonds. The topological polar surface area (TPSA) is 20.3 Å². The van der Waals surface area contributed by atoms with E-state index in [1.807, 2.05) is 48.3 Å². The van der Waals surface area contributed by atoms with Crippen LogP contribution in [-0.4, -0.2) is 17.9 Å². The van der Waals surface area contributed by atoms with Gasteiger partial charge in [-0.1, -0.05) is 48.5 Å². The summed E-state index contributed by atoms with van der Waals surface area (Å²) in [4.78, 5) is 14.2. The van der Waals surface area contributed by atoms with E-state index < -0.39 is 0 Å². The second-order valence-corrected chi connectivity index (χ2v) is 4.70. The molecule has 0 aromatic heterocycles. The molecule has 0 bridgehead atoms. The minimum absolute atomic E-state index is 0.116. The van der Waals surface area contributed by atoms with Crippen molar-refractivity contribution in [2.45, 2.75) is 12.5 Å². The van der Waals surface area contributed by atoms with Gasteiger partial charge in [-0.25, -0.2) is 0 Å². The molecular weight excluding hydrogens is 222 g/mol. The van der Waals surface area contributed by atoms with Gasteiger partial charge in [-0.3, -0.25) is 4.79 Å². The van der Waals surface area contributed by atoms with E-state index in [2.05, 4.69) is 18.2 Å². The molecule has 0 aliphatic carbocycles. The van der Waals surface area contributed by atoms with Crippen LogP contribution in [0.5, 0.6) is 0 Å². The molecule has 2 aromatic rings. The van der Waals surface area contributed by atoms with Gasteiger partial charge in [0.1, 0.15) is 0 Å². The summed E-state index contributed by atoms with van der Waals surface area (Å²) in [5.74, 6) is 0.116. The van der Waals surface area contributed by atoms with Crippen LogP contribution >= 0.6 is 0 Å². The Labute approximate surface area is 107 Å². The van der Waals surface area contributed by atoms with E-state index in [1.54, 1.807) is 0 Å². The Hall–Kier alpha value is -2.09. The van der Waals surface area contributed by atoms with Crippen molar-refractivity contribution < 1.29 is 4.79 Å². The average Bonchev–Trinajstić information content (AvgIpc) is 2.44. The van der Waals surface area contributed by atoms with Gasteiger partial charge in [-0.15, -0.1) is 0 Å². The fourth-order valence-corrected chi connectivity index (χ4v) is 2.60. The van der Waals surface area contributed by atoms with Gasteiger partial charge in [0.05, 0.1) is 6.04 Å². The summed E-state index contributed by atoms with van der Waals surface area (Å²) in [7, 11) is 1.88. The molecular formula is C16H15NO. The van der Waals surface area contributed by atoms with Gasteiger partial charge in [-0.05, 0) is 23.6 Å². The predicted octanol–water partition coefficient (Wildman–Crippen LogP) is 3.06. The standard InChI is InChI=1S/C16H15NO/c1-17-15(12-7-3-2-4-8-12)11-13-9-5-6-10-14(13)16(17)18/h2-10,15H,11H2,1H3/t15-/m1/s1. The molecule has 3 rings (SSSR count). The van der Waals surface area contributed by atoms with Crippen LogP contribution in [0.4, 0.5) is 0 Å². The van der Waals surface area contributed by atoms with Crippen molar-refractivity contribution in [1.29, 1.82) is 0 Å². The third kappa shape index (κ3) is 1.70. The number of carbonyl (C=O) groups is 1. The molecule has 2 nitrogen and oxygen atoms in total. The van der Waals surface area contributed by atoms with Crippen molar-refractivity contribution in [2.75, 3.05) is 7.05 Å². The van der Waals surface area contributed by atoms with Crippen LogP contribution in [0.3, 0.4) is 0 Å². The normalized spacial score (nSPS) is 18.6. The lowest BCUT2D eigenvalue weighted by Crippen LogP contribution is -2.37. The molecule has 0 fully saturated rings. The van der Waals surface area contributed by atoms with E-state index in [1.165, 1.54) is 5.56 Å². The molecule has 90 valence electrons. The van der Waals surface area contributed by atoms with E-state index in [0.717, 1.165) is 17.5 Å². The lowest BCUT2D eigenvalue weighted by Gasteiger charge is -2.34. The minimum Gasteiger partial charge on any atom is -0.334 e. The van der Waals surface area contributed by atoms with Crippen LogP contribution in [0.1, 0.15) is 27.5 Å². The number of rotatable bonds is 1. The molecule has 1 atom stereocenters. The molecule has 18 heavy (non-hydrogen) atoms. The number of amides is 1. The highest BCUT2D eigenvalue weighted by molar-refractivity contribution is 5.96. The predicted molar refractivity (Wildman–Crippen MR) is 71.4 cm³/mol. The van der Waals surface area contributed by atoms with E-state index in [9.17, 15) is 4.79 Å². The fraction of sp³-hybridized carbons (Fsp3) is 0.188. The molecule has 0 radical (unpaired) electrons. The third-order valence-corrected chi connectivity index (χ3v) is 3.63. The lowest BCUT2D eigenvalue weighted by molar-refractivity contribution is 0.0705. The first-order valence-electron chi connectivity index (χ1n) is 6.17. The van der Waals surface area contributed by atoms with Gasteiger partial charge in [0.2, 0.25) is 0 Å². The molecule has 0 unspecified atom stereocenters. The second kappa shape index (κ2) is 4.30. The highest BCUT2D eigenvalue weighted by Gasteiger charge is 2.29. The summed E-state index contributed by atoms with van der Waals surface area (Å²) < 4.78 is 0. The van der Waals surface area contributed by atoms with Crippen molar-refractivity contribution in [3.8, 4) is 0 Å². The van der Waals surface area contributed by atoms with Crippen LogP contribution in [0.15, 0.2) is 54.6 Å². The average molecular weight is 237 g/mol. The molecule has 2 aromatic carbocycles. The number of hydrogen-bond donors (Lipinski definition) is 0. The van der Waals surface area contributed by atoms with E-state index >= 15 is 0 Å². The highest BCUT2D eigenvalue weighted by atomic mass is 16.2. The van der Waals surface area contributed by atoms with Crippen molar-refractivity contribution in [3.05, 3.63) is 71.3 Å². The number of likely N-dealkylation sites (N-methyl/N-ethyl adjacent to an activating group) is 1. The van der Waals surface area contributed by atoms with Gasteiger partial charge < -0.3 is 4.90 Å². The summed E-state index contributed by atoms with van der Waals surface area (Å²) in [6.45, 7) is 0. The number of fused-ring (bicyclic) bond motifs is 1. The van der Waals surface area contributed by atoms with Crippen LogP contribution < -0.4 is 0 Å². The zero-order chi connectivity index (χ0) is 12.5. The molecule has 0 N–H and O–H groups in total. The summed E-state index contributed by atoms with van der Waals surface area (Å²) >= 11 is 0.